The highest BCUT2D eigenvalue weighted by atomic mass is 16.3. The number of aliphatic hydroxyl groups is 1. The average Bonchev–Trinajstić information content (AvgIpc) is 2.46. The summed E-state index contributed by atoms with van der Waals surface area (Å²) >= 11 is 0. The van der Waals surface area contributed by atoms with Gasteiger partial charge in [-0.15, -0.1) is 0 Å². The fourth-order valence-corrected chi connectivity index (χ4v) is 1.98. The first-order valence-corrected chi connectivity index (χ1v) is 6.72. The van der Waals surface area contributed by atoms with Crippen LogP contribution in [0.5, 0.6) is 0 Å². The molecule has 0 aromatic heterocycles. The Morgan fingerprint density at radius 2 is 1.75 bits per heavy atom. The molecule has 3 nitrogen and oxygen atoms in total. The van der Waals surface area contributed by atoms with Crippen molar-refractivity contribution in [1.29, 1.82) is 0 Å². The zero-order valence-electron chi connectivity index (χ0n) is 11.5. The third kappa shape index (κ3) is 4.21. The first-order chi connectivity index (χ1) is 9.65. The van der Waals surface area contributed by atoms with Gasteiger partial charge < -0.3 is 10.4 Å². The Labute approximate surface area is 119 Å². The van der Waals surface area contributed by atoms with E-state index in [0.29, 0.717) is 12.0 Å². The monoisotopic (exact) mass is 269 g/mol. The number of rotatable bonds is 5. The summed E-state index contributed by atoms with van der Waals surface area (Å²) in [6.07, 6.45) is -0.0403. The number of aryl methyl sites for hydroxylation is 1. The molecular formula is C17H19NO2. The SMILES string of the molecule is Cc1ccc(C(=O)NCC(O)Cc2ccccc2)cc1. The quantitative estimate of drug-likeness (QED) is 0.875. The van der Waals surface area contributed by atoms with E-state index >= 15 is 0 Å². The number of carbonyl (C=O) groups is 1. The molecule has 0 saturated carbocycles. The van der Waals surface area contributed by atoms with Crippen LogP contribution < -0.4 is 5.32 Å². The van der Waals surface area contributed by atoms with Crippen molar-refractivity contribution in [3.8, 4) is 0 Å². The second-order valence-corrected chi connectivity index (χ2v) is 4.92. The van der Waals surface area contributed by atoms with Gasteiger partial charge in [0.15, 0.2) is 0 Å². The summed E-state index contributed by atoms with van der Waals surface area (Å²) in [5.74, 6) is -0.155. The molecule has 1 unspecified atom stereocenters. The first kappa shape index (κ1) is 14.3. The number of amides is 1. The molecule has 0 fully saturated rings. The average molecular weight is 269 g/mol. The summed E-state index contributed by atoms with van der Waals surface area (Å²) in [7, 11) is 0. The van der Waals surface area contributed by atoms with Crippen LogP contribution in [0.4, 0.5) is 0 Å². The van der Waals surface area contributed by atoms with E-state index in [-0.39, 0.29) is 12.5 Å². The second kappa shape index (κ2) is 6.87. The maximum atomic E-state index is 11.9. The minimum atomic E-state index is -0.577. The van der Waals surface area contributed by atoms with Crippen LogP contribution in [0.2, 0.25) is 0 Å². The largest absolute Gasteiger partial charge is 0.391 e. The minimum Gasteiger partial charge on any atom is -0.391 e. The van der Waals surface area contributed by atoms with Crippen LogP contribution in [-0.2, 0) is 6.42 Å². The molecule has 0 heterocycles. The van der Waals surface area contributed by atoms with E-state index in [0.717, 1.165) is 11.1 Å². The molecule has 20 heavy (non-hydrogen) atoms. The molecule has 2 aromatic carbocycles. The van der Waals surface area contributed by atoms with Gasteiger partial charge in [-0.2, -0.15) is 0 Å². The minimum absolute atomic E-state index is 0.155. The fourth-order valence-electron chi connectivity index (χ4n) is 1.98. The number of nitrogens with one attached hydrogen (secondary N) is 1. The van der Waals surface area contributed by atoms with Crippen LogP contribution >= 0.6 is 0 Å². The van der Waals surface area contributed by atoms with E-state index in [4.69, 9.17) is 0 Å². The van der Waals surface area contributed by atoms with Gasteiger partial charge in [0.2, 0.25) is 0 Å². The van der Waals surface area contributed by atoms with Gasteiger partial charge in [-0.25, -0.2) is 0 Å². The maximum Gasteiger partial charge on any atom is 0.251 e. The predicted molar refractivity (Wildman–Crippen MR) is 79.7 cm³/mol. The van der Waals surface area contributed by atoms with Crippen LogP contribution in [0.3, 0.4) is 0 Å². The Balaban J connectivity index is 1.82. The molecule has 2 aromatic rings. The van der Waals surface area contributed by atoms with E-state index in [9.17, 15) is 9.90 Å². The van der Waals surface area contributed by atoms with Gasteiger partial charge in [0, 0.05) is 18.5 Å². The Morgan fingerprint density at radius 1 is 1.10 bits per heavy atom. The highest BCUT2D eigenvalue weighted by Crippen LogP contribution is 2.04. The summed E-state index contributed by atoms with van der Waals surface area (Å²) in [4.78, 5) is 11.9. The predicted octanol–water partition coefficient (Wildman–Crippen LogP) is 2.33. The highest BCUT2D eigenvalue weighted by molar-refractivity contribution is 5.94. The Bertz CT molecular complexity index is 549. The van der Waals surface area contributed by atoms with Crippen molar-refractivity contribution in [3.63, 3.8) is 0 Å². The van der Waals surface area contributed by atoms with Crippen molar-refractivity contribution < 1.29 is 9.90 Å². The molecule has 0 aliphatic rings. The van der Waals surface area contributed by atoms with E-state index in [2.05, 4.69) is 5.32 Å². The number of benzene rings is 2. The summed E-state index contributed by atoms with van der Waals surface area (Å²) in [5, 5.41) is 12.7. The lowest BCUT2D eigenvalue weighted by molar-refractivity contribution is 0.0916. The van der Waals surface area contributed by atoms with E-state index in [1.807, 2.05) is 49.4 Å². The van der Waals surface area contributed by atoms with Crippen LogP contribution in [0.15, 0.2) is 54.6 Å². The first-order valence-electron chi connectivity index (χ1n) is 6.72. The van der Waals surface area contributed by atoms with Crippen LogP contribution in [-0.4, -0.2) is 23.7 Å². The van der Waals surface area contributed by atoms with Crippen molar-refractivity contribution in [2.75, 3.05) is 6.54 Å². The van der Waals surface area contributed by atoms with Gasteiger partial charge >= 0.3 is 0 Å². The molecule has 104 valence electrons. The van der Waals surface area contributed by atoms with Crippen molar-refractivity contribution in [2.45, 2.75) is 19.4 Å². The molecule has 1 amide bonds. The Kier molecular flexibility index (Phi) is 4.91. The van der Waals surface area contributed by atoms with Crippen LogP contribution in [0.25, 0.3) is 0 Å². The summed E-state index contributed by atoms with van der Waals surface area (Å²) in [6.45, 7) is 2.23. The standard InChI is InChI=1S/C17H19NO2/c1-13-7-9-15(10-8-13)17(20)18-12-16(19)11-14-5-3-2-4-6-14/h2-10,16,19H,11-12H2,1H3,(H,18,20). The zero-order chi connectivity index (χ0) is 14.4. The van der Waals surface area contributed by atoms with Gasteiger partial charge in [-0.1, -0.05) is 48.0 Å². The zero-order valence-corrected chi connectivity index (χ0v) is 11.5. The molecule has 0 aliphatic heterocycles. The van der Waals surface area contributed by atoms with Crippen LogP contribution in [0.1, 0.15) is 21.5 Å². The third-order valence-corrected chi connectivity index (χ3v) is 3.13. The molecule has 0 aliphatic carbocycles. The summed E-state index contributed by atoms with van der Waals surface area (Å²) in [6, 6.07) is 17.1. The van der Waals surface area contributed by atoms with Crippen molar-refractivity contribution in [3.05, 3.63) is 71.3 Å². The summed E-state index contributed by atoms with van der Waals surface area (Å²) in [5.41, 5.74) is 2.79. The molecule has 2 rings (SSSR count). The second-order valence-electron chi connectivity index (χ2n) is 4.92. The Hall–Kier alpha value is -2.13. The molecule has 3 heteroatoms. The van der Waals surface area contributed by atoms with Crippen LogP contribution in [0, 0.1) is 6.92 Å². The lowest BCUT2D eigenvalue weighted by atomic mass is 10.1. The fraction of sp³-hybridized carbons (Fsp3) is 0.235. The lowest BCUT2D eigenvalue weighted by Gasteiger charge is -2.12. The third-order valence-electron chi connectivity index (χ3n) is 3.13. The van der Waals surface area contributed by atoms with Gasteiger partial charge in [0.05, 0.1) is 6.10 Å². The summed E-state index contributed by atoms with van der Waals surface area (Å²) < 4.78 is 0. The van der Waals surface area contributed by atoms with Crippen molar-refractivity contribution in [1.82, 2.24) is 5.32 Å². The van der Waals surface area contributed by atoms with E-state index in [1.165, 1.54) is 0 Å². The Morgan fingerprint density at radius 3 is 2.40 bits per heavy atom. The topological polar surface area (TPSA) is 49.3 Å². The normalized spacial score (nSPS) is 11.9. The molecule has 1 atom stereocenters. The number of aliphatic hydroxyl groups excluding tert-OH is 1. The van der Waals surface area contributed by atoms with E-state index in [1.54, 1.807) is 12.1 Å². The maximum absolute atomic E-state index is 11.9. The van der Waals surface area contributed by atoms with Gasteiger partial charge in [0.1, 0.15) is 0 Å². The molecule has 0 radical (unpaired) electrons. The number of carbonyl (C=O) groups excluding carboxylic acids is 1. The van der Waals surface area contributed by atoms with Crippen molar-refractivity contribution >= 4 is 5.91 Å². The molecular weight excluding hydrogens is 250 g/mol. The van der Waals surface area contributed by atoms with Gasteiger partial charge in [0.25, 0.3) is 5.91 Å². The smallest absolute Gasteiger partial charge is 0.251 e. The van der Waals surface area contributed by atoms with Gasteiger partial charge in [-0.3, -0.25) is 4.79 Å². The lowest BCUT2D eigenvalue weighted by Crippen LogP contribution is -2.33. The number of hydrogen-bond donors (Lipinski definition) is 2. The molecule has 2 N–H and O–H groups in total. The van der Waals surface area contributed by atoms with E-state index < -0.39 is 6.10 Å². The van der Waals surface area contributed by atoms with Crippen molar-refractivity contribution in [2.24, 2.45) is 0 Å². The highest BCUT2D eigenvalue weighted by Gasteiger charge is 2.09. The number of hydrogen-bond acceptors (Lipinski definition) is 2. The molecule has 0 saturated heterocycles. The molecule has 0 spiro atoms. The molecule has 0 bridgehead atoms. The van der Waals surface area contributed by atoms with Gasteiger partial charge in [-0.05, 0) is 24.6 Å².